The number of carbonyl (C=O) groups is 2. The second kappa shape index (κ2) is 7.63. The lowest BCUT2D eigenvalue weighted by Crippen LogP contribution is -2.34. The van der Waals surface area contributed by atoms with Gasteiger partial charge < -0.3 is 5.32 Å². The van der Waals surface area contributed by atoms with Gasteiger partial charge in [-0.1, -0.05) is 0 Å². The molecule has 1 aromatic heterocycles. The molecule has 0 atom stereocenters. The molecule has 2 N–H and O–H groups in total. The lowest BCUT2D eigenvalue weighted by atomic mass is 10.2. The summed E-state index contributed by atoms with van der Waals surface area (Å²) in [7, 11) is 0. The van der Waals surface area contributed by atoms with Crippen LogP contribution < -0.4 is 10.7 Å². The maximum absolute atomic E-state index is 12.7. The van der Waals surface area contributed by atoms with Crippen LogP contribution in [0.2, 0.25) is 0 Å². The smallest absolute Gasteiger partial charge is 0.259 e. The van der Waals surface area contributed by atoms with Gasteiger partial charge in [0.05, 0.1) is 12.8 Å². The molecule has 0 fully saturated rings. The number of carbonyl (C=O) groups excluding carboxylic acids is 2. The molecule has 0 aliphatic carbocycles. The Morgan fingerprint density at radius 2 is 1.82 bits per heavy atom. The fourth-order valence-corrected chi connectivity index (χ4v) is 1.53. The van der Waals surface area contributed by atoms with Crippen molar-refractivity contribution in [2.75, 3.05) is 6.54 Å². The quantitative estimate of drug-likeness (QED) is 0.640. The number of nitrogens with zero attached hydrogens (tertiary/aromatic N) is 2. The first kappa shape index (κ1) is 15.3. The van der Waals surface area contributed by atoms with Gasteiger partial charge in [-0.25, -0.2) is 9.82 Å². The predicted octanol–water partition coefficient (Wildman–Crippen LogP) is 1.10. The first-order chi connectivity index (χ1) is 10.6. The summed E-state index contributed by atoms with van der Waals surface area (Å²) in [5, 5.41) is 6.16. The topological polar surface area (TPSA) is 83.5 Å². The van der Waals surface area contributed by atoms with E-state index in [1.165, 1.54) is 30.5 Å². The van der Waals surface area contributed by atoms with E-state index in [9.17, 15) is 14.0 Å². The highest BCUT2D eigenvalue weighted by atomic mass is 19.1. The fourth-order valence-electron chi connectivity index (χ4n) is 1.53. The Bertz CT molecular complexity index is 672. The van der Waals surface area contributed by atoms with Crippen molar-refractivity contribution in [1.82, 2.24) is 15.7 Å². The van der Waals surface area contributed by atoms with Crippen molar-refractivity contribution >= 4 is 18.0 Å². The number of benzene rings is 1. The fraction of sp³-hybridized carbons (Fsp3) is 0.0667. The molecule has 0 saturated heterocycles. The number of nitrogens with one attached hydrogen (secondary N) is 2. The lowest BCUT2D eigenvalue weighted by molar-refractivity contribution is -0.120. The minimum Gasteiger partial charge on any atom is -0.343 e. The first-order valence-electron chi connectivity index (χ1n) is 6.41. The van der Waals surface area contributed by atoms with Crippen molar-refractivity contribution in [3.8, 4) is 0 Å². The van der Waals surface area contributed by atoms with Crippen LogP contribution in [0, 0.1) is 5.82 Å². The zero-order valence-corrected chi connectivity index (χ0v) is 11.5. The third-order valence-electron chi connectivity index (χ3n) is 2.62. The van der Waals surface area contributed by atoms with E-state index in [-0.39, 0.29) is 12.1 Å². The van der Waals surface area contributed by atoms with Gasteiger partial charge in [0.1, 0.15) is 5.82 Å². The van der Waals surface area contributed by atoms with Gasteiger partial charge in [0.25, 0.3) is 11.8 Å². The second-order valence-corrected chi connectivity index (χ2v) is 4.26. The van der Waals surface area contributed by atoms with Crippen LogP contribution >= 0.6 is 0 Å². The molecule has 2 rings (SSSR count). The Hall–Kier alpha value is -3.09. The monoisotopic (exact) mass is 300 g/mol. The van der Waals surface area contributed by atoms with Gasteiger partial charge in [-0.15, -0.1) is 0 Å². The molecular formula is C15H13FN4O2. The summed E-state index contributed by atoms with van der Waals surface area (Å²) in [6.45, 7) is -0.232. The van der Waals surface area contributed by atoms with Crippen molar-refractivity contribution in [2.45, 2.75) is 0 Å². The highest BCUT2D eigenvalue weighted by molar-refractivity contribution is 5.96. The van der Waals surface area contributed by atoms with Gasteiger partial charge in [0.2, 0.25) is 0 Å². The van der Waals surface area contributed by atoms with E-state index in [1.807, 2.05) is 0 Å². The largest absolute Gasteiger partial charge is 0.343 e. The lowest BCUT2D eigenvalue weighted by Gasteiger charge is -2.04. The summed E-state index contributed by atoms with van der Waals surface area (Å²) in [5.41, 5.74) is 3.34. The third-order valence-corrected chi connectivity index (χ3v) is 2.62. The SMILES string of the molecule is O=C(CNC(=O)c1ccc(F)cc1)N/N=C/c1ccncc1. The Morgan fingerprint density at radius 3 is 2.50 bits per heavy atom. The number of rotatable bonds is 5. The Labute approximate surface area is 126 Å². The molecule has 2 aromatic rings. The molecule has 112 valence electrons. The predicted molar refractivity (Wildman–Crippen MR) is 78.7 cm³/mol. The van der Waals surface area contributed by atoms with Crippen LogP contribution in [0.4, 0.5) is 4.39 Å². The van der Waals surface area contributed by atoms with E-state index in [0.29, 0.717) is 0 Å². The van der Waals surface area contributed by atoms with Crippen LogP contribution in [-0.4, -0.2) is 29.6 Å². The molecule has 2 amide bonds. The summed E-state index contributed by atoms with van der Waals surface area (Å²) in [4.78, 5) is 27.1. The summed E-state index contributed by atoms with van der Waals surface area (Å²) in [5.74, 6) is -1.37. The summed E-state index contributed by atoms with van der Waals surface area (Å²) < 4.78 is 12.7. The van der Waals surface area contributed by atoms with E-state index in [1.54, 1.807) is 24.5 Å². The van der Waals surface area contributed by atoms with Crippen molar-refractivity contribution in [3.05, 3.63) is 65.7 Å². The zero-order chi connectivity index (χ0) is 15.8. The molecule has 1 aromatic carbocycles. The van der Waals surface area contributed by atoms with E-state index >= 15 is 0 Å². The highest BCUT2D eigenvalue weighted by Gasteiger charge is 2.07. The third kappa shape index (κ3) is 4.78. The van der Waals surface area contributed by atoms with Gasteiger partial charge in [-0.2, -0.15) is 5.10 Å². The molecule has 0 bridgehead atoms. The van der Waals surface area contributed by atoms with Crippen LogP contribution in [0.25, 0.3) is 0 Å². The van der Waals surface area contributed by atoms with Gasteiger partial charge in [-0.3, -0.25) is 14.6 Å². The molecule has 0 saturated carbocycles. The minimum absolute atomic E-state index is 0.232. The second-order valence-electron chi connectivity index (χ2n) is 4.26. The number of hydrogen-bond acceptors (Lipinski definition) is 4. The van der Waals surface area contributed by atoms with Gasteiger partial charge in [0, 0.05) is 18.0 Å². The first-order valence-corrected chi connectivity index (χ1v) is 6.41. The summed E-state index contributed by atoms with van der Waals surface area (Å²) in [6, 6.07) is 8.48. The molecule has 22 heavy (non-hydrogen) atoms. The van der Waals surface area contributed by atoms with Crippen molar-refractivity contribution < 1.29 is 14.0 Å². The van der Waals surface area contributed by atoms with Crippen LogP contribution in [-0.2, 0) is 4.79 Å². The zero-order valence-electron chi connectivity index (χ0n) is 11.5. The van der Waals surface area contributed by atoms with E-state index in [0.717, 1.165) is 5.56 Å². The number of hydrogen-bond donors (Lipinski definition) is 2. The Balaban J connectivity index is 1.77. The standard InChI is InChI=1S/C15H13FN4O2/c16-13-3-1-12(2-4-13)15(22)18-10-14(21)20-19-9-11-5-7-17-8-6-11/h1-9H,10H2,(H,18,22)(H,20,21)/b19-9+. The average Bonchev–Trinajstić information content (AvgIpc) is 2.54. The summed E-state index contributed by atoms with van der Waals surface area (Å²) >= 11 is 0. The van der Waals surface area contributed by atoms with Crippen molar-refractivity contribution in [2.24, 2.45) is 5.10 Å². The minimum atomic E-state index is -0.472. The molecule has 0 aliphatic rings. The van der Waals surface area contributed by atoms with Crippen LogP contribution in [0.15, 0.2) is 53.9 Å². The number of pyridine rings is 1. The number of hydrazone groups is 1. The highest BCUT2D eigenvalue weighted by Crippen LogP contribution is 2.02. The molecule has 0 aliphatic heterocycles. The molecule has 7 heteroatoms. The molecular weight excluding hydrogens is 287 g/mol. The maximum atomic E-state index is 12.7. The molecule has 0 radical (unpaired) electrons. The van der Waals surface area contributed by atoms with Crippen molar-refractivity contribution in [1.29, 1.82) is 0 Å². The Kier molecular flexibility index (Phi) is 5.31. The van der Waals surface area contributed by atoms with Crippen LogP contribution in [0.3, 0.4) is 0 Å². The normalized spacial score (nSPS) is 10.4. The van der Waals surface area contributed by atoms with E-state index in [4.69, 9.17) is 0 Å². The average molecular weight is 300 g/mol. The van der Waals surface area contributed by atoms with E-state index < -0.39 is 17.6 Å². The number of aromatic nitrogens is 1. The van der Waals surface area contributed by atoms with Crippen molar-refractivity contribution in [3.63, 3.8) is 0 Å². The maximum Gasteiger partial charge on any atom is 0.259 e. The van der Waals surface area contributed by atoms with Gasteiger partial charge in [0.15, 0.2) is 0 Å². The van der Waals surface area contributed by atoms with Crippen LogP contribution in [0.5, 0.6) is 0 Å². The van der Waals surface area contributed by atoms with E-state index in [2.05, 4.69) is 20.8 Å². The molecule has 0 unspecified atom stereocenters. The summed E-state index contributed by atoms with van der Waals surface area (Å²) in [6.07, 6.45) is 4.67. The van der Waals surface area contributed by atoms with Gasteiger partial charge >= 0.3 is 0 Å². The van der Waals surface area contributed by atoms with Crippen LogP contribution in [0.1, 0.15) is 15.9 Å². The molecule has 0 spiro atoms. The van der Waals surface area contributed by atoms with Gasteiger partial charge in [-0.05, 0) is 42.0 Å². The molecule has 6 nitrogen and oxygen atoms in total. The number of amides is 2. The number of halogens is 1. The molecule has 1 heterocycles. The Morgan fingerprint density at radius 1 is 1.14 bits per heavy atom.